The minimum absolute atomic E-state index is 0.124. The van der Waals surface area contributed by atoms with Gasteiger partial charge in [0.05, 0.1) is 11.6 Å². The van der Waals surface area contributed by atoms with Crippen LogP contribution in [-0.4, -0.2) is 26.0 Å². The maximum absolute atomic E-state index is 11.5. The zero-order valence-electron chi connectivity index (χ0n) is 10.1. The lowest BCUT2D eigenvalue weighted by atomic mass is 9.98. The monoisotopic (exact) mass is 297 g/mol. The van der Waals surface area contributed by atoms with Crippen LogP contribution in [0.2, 0.25) is 0 Å². The molecule has 17 heavy (non-hydrogen) atoms. The summed E-state index contributed by atoms with van der Waals surface area (Å²) >= 11 is 3.44. The van der Waals surface area contributed by atoms with Crippen LogP contribution in [0, 0.1) is 5.92 Å². The first-order chi connectivity index (χ1) is 8.11. The fourth-order valence-corrected chi connectivity index (χ4v) is 2.50. The van der Waals surface area contributed by atoms with Crippen molar-refractivity contribution in [2.75, 3.05) is 25.1 Å². The van der Waals surface area contributed by atoms with Crippen molar-refractivity contribution in [3.05, 3.63) is 22.7 Å². The standard InChI is InChI=1S/C13H16BrNO2/c1-9-8-15(6-5-12(9)16)10-3-4-11(14)13(7-10)17-2/h3-4,7,9H,5-6,8H2,1-2H3. The van der Waals surface area contributed by atoms with Crippen molar-refractivity contribution in [1.82, 2.24) is 0 Å². The predicted octanol–water partition coefficient (Wildman–Crippen LogP) is 2.87. The van der Waals surface area contributed by atoms with E-state index in [4.69, 9.17) is 4.74 Å². The van der Waals surface area contributed by atoms with Gasteiger partial charge in [-0.3, -0.25) is 4.79 Å². The fourth-order valence-electron chi connectivity index (χ4n) is 2.09. The van der Waals surface area contributed by atoms with E-state index in [0.29, 0.717) is 12.2 Å². The Morgan fingerprint density at radius 1 is 1.47 bits per heavy atom. The summed E-state index contributed by atoms with van der Waals surface area (Å²) < 4.78 is 6.23. The van der Waals surface area contributed by atoms with E-state index in [1.54, 1.807) is 7.11 Å². The van der Waals surface area contributed by atoms with Crippen LogP contribution in [0.3, 0.4) is 0 Å². The number of rotatable bonds is 2. The minimum atomic E-state index is 0.124. The van der Waals surface area contributed by atoms with Gasteiger partial charge in [-0.15, -0.1) is 0 Å². The molecule has 1 aromatic rings. The number of ketones is 1. The number of hydrogen-bond donors (Lipinski definition) is 0. The van der Waals surface area contributed by atoms with Gasteiger partial charge in [0.2, 0.25) is 0 Å². The van der Waals surface area contributed by atoms with Gasteiger partial charge < -0.3 is 9.64 Å². The number of benzene rings is 1. The molecule has 1 fully saturated rings. The zero-order valence-corrected chi connectivity index (χ0v) is 11.7. The molecular weight excluding hydrogens is 282 g/mol. The van der Waals surface area contributed by atoms with E-state index >= 15 is 0 Å². The molecule has 1 aromatic carbocycles. The average molecular weight is 298 g/mol. The van der Waals surface area contributed by atoms with Gasteiger partial charge in [0, 0.05) is 37.2 Å². The van der Waals surface area contributed by atoms with Crippen LogP contribution in [0.15, 0.2) is 22.7 Å². The first-order valence-electron chi connectivity index (χ1n) is 5.73. The van der Waals surface area contributed by atoms with Gasteiger partial charge in [-0.2, -0.15) is 0 Å². The number of carbonyl (C=O) groups is 1. The van der Waals surface area contributed by atoms with Crippen LogP contribution in [-0.2, 0) is 4.79 Å². The van der Waals surface area contributed by atoms with Crippen LogP contribution in [0.4, 0.5) is 5.69 Å². The third kappa shape index (κ3) is 2.63. The van der Waals surface area contributed by atoms with Gasteiger partial charge in [-0.25, -0.2) is 0 Å². The summed E-state index contributed by atoms with van der Waals surface area (Å²) in [7, 11) is 1.66. The Labute approximate surface area is 110 Å². The molecule has 0 radical (unpaired) electrons. The molecule has 0 aliphatic carbocycles. The van der Waals surface area contributed by atoms with Crippen molar-refractivity contribution in [2.45, 2.75) is 13.3 Å². The van der Waals surface area contributed by atoms with E-state index < -0.39 is 0 Å². The smallest absolute Gasteiger partial charge is 0.139 e. The highest BCUT2D eigenvalue weighted by molar-refractivity contribution is 9.10. The predicted molar refractivity (Wildman–Crippen MR) is 71.7 cm³/mol. The fraction of sp³-hybridized carbons (Fsp3) is 0.462. The number of carbonyl (C=O) groups excluding carboxylic acids is 1. The van der Waals surface area contributed by atoms with Gasteiger partial charge in [-0.05, 0) is 28.1 Å². The lowest BCUT2D eigenvalue weighted by molar-refractivity contribution is -0.122. The molecule has 0 N–H and O–H groups in total. The van der Waals surface area contributed by atoms with E-state index in [1.165, 1.54) is 0 Å². The highest BCUT2D eigenvalue weighted by atomic mass is 79.9. The normalized spacial score (nSPS) is 20.5. The van der Waals surface area contributed by atoms with Crippen molar-refractivity contribution in [2.24, 2.45) is 5.92 Å². The third-order valence-corrected chi connectivity index (χ3v) is 3.83. The summed E-state index contributed by atoms with van der Waals surface area (Å²) in [6.45, 7) is 3.59. The number of anilines is 1. The van der Waals surface area contributed by atoms with E-state index in [1.807, 2.05) is 19.1 Å². The van der Waals surface area contributed by atoms with Crippen molar-refractivity contribution in [3.63, 3.8) is 0 Å². The molecule has 0 spiro atoms. The van der Waals surface area contributed by atoms with Gasteiger partial charge in [-0.1, -0.05) is 6.92 Å². The Kier molecular flexibility index (Phi) is 3.72. The first-order valence-corrected chi connectivity index (χ1v) is 6.52. The lowest BCUT2D eigenvalue weighted by Crippen LogP contribution is -2.39. The number of ether oxygens (including phenoxy) is 1. The van der Waals surface area contributed by atoms with Crippen molar-refractivity contribution in [3.8, 4) is 5.75 Å². The number of halogens is 1. The zero-order chi connectivity index (χ0) is 12.4. The van der Waals surface area contributed by atoms with Crippen LogP contribution in [0.25, 0.3) is 0 Å². The van der Waals surface area contributed by atoms with E-state index in [9.17, 15) is 4.79 Å². The molecule has 3 nitrogen and oxygen atoms in total. The number of nitrogens with zero attached hydrogens (tertiary/aromatic N) is 1. The van der Waals surface area contributed by atoms with E-state index in [2.05, 4.69) is 26.9 Å². The molecule has 1 atom stereocenters. The average Bonchev–Trinajstić information content (AvgIpc) is 2.33. The van der Waals surface area contributed by atoms with Crippen molar-refractivity contribution >= 4 is 27.4 Å². The summed E-state index contributed by atoms with van der Waals surface area (Å²) in [6.07, 6.45) is 0.638. The summed E-state index contributed by atoms with van der Waals surface area (Å²) in [4.78, 5) is 13.7. The van der Waals surface area contributed by atoms with Crippen LogP contribution in [0.5, 0.6) is 5.75 Å². The summed E-state index contributed by atoms with van der Waals surface area (Å²) in [5, 5.41) is 0. The maximum atomic E-state index is 11.5. The number of Topliss-reactive ketones (excluding diaryl/α,β-unsaturated/α-hetero) is 1. The topological polar surface area (TPSA) is 29.5 Å². The Hall–Kier alpha value is -1.03. The summed E-state index contributed by atoms with van der Waals surface area (Å²) in [5.41, 5.74) is 1.12. The molecule has 0 saturated carbocycles. The van der Waals surface area contributed by atoms with Crippen molar-refractivity contribution in [1.29, 1.82) is 0 Å². The van der Waals surface area contributed by atoms with Gasteiger partial charge in [0.25, 0.3) is 0 Å². The molecule has 1 unspecified atom stereocenters. The molecule has 4 heteroatoms. The molecule has 0 bridgehead atoms. The molecule has 1 aliphatic heterocycles. The molecule has 0 aromatic heterocycles. The molecular formula is C13H16BrNO2. The Morgan fingerprint density at radius 3 is 2.88 bits per heavy atom. The third-order valence-electron chi connectivity index (χ3n) is 3.17. The maximum Gasteiger partial charge on any atom is 0.139 e. The molecule has 1 saturated heterocycles. The van der Waals surface area contributed by atoms with E-state index in [-0.39, 0.29) is 5.92 Å². The molecule has 0 amide bonds. The Bertz CT molecular complexity index is 433. The number of piperidine rings is 1. The second-order valence-corrected chi connectivity index (χ2v) is 5.24. The van der Waals surface area contributed by atoms with E-state index in [0.717, 1.165) is 29.0 Å². The molecule has 1 aliphatic rings. The van der Waals surface area contributed by atoms with Crippen molar-refractivity contribution < 1.29 is 9.53 Å². The quantitative estimate of drug-likeness (QED) is 0.841. The summed E-state index contributed by atoms with van der Waals surface area (Å²) in [5.74, 6) is 1.32. The molecule has 92 valence electrons. The first kappa shape index (κ1) is 12.4. The van der Waals surface area contributed by atoms with Gasteiger partial charge >= 0.3 is 0 Å². The Morgan fingerprint density at radius 2 is 2.24 bits per heavy atom. The van der Waals surface area contributed by atoms with Gasteiger partial charge in [0.15, 0.2) is 0 Å². The second kappa shape index (κ2) is 5.08. The highest BCUT2D eigenvalue weighted by Gasteiger charge is 2.23. The van der Waals surface area contributed by atoms with Crippen LogP contribution >= 0.6 is 15.9 Å². The highest BCUT2D eigenvalue weighted by Crippen LogP contribution is 2.31. The number of methoxy groups -OCH3 is 1. The second-order valence-electron chi connectivity index (χ2n) is 4.38. The SMILES string of the molecule is COc1cc(N2CCC(=O)C(C)C2)ccc1Br. The Balaban J connectivity index is 2.20. The molecule has 2 rings (SSSR count). The van der Waals surface area contributed by atoms with Crippen LogP contribution < -0.4 is 9.64 Å². The molecule has 1 heterocycles. The minimum Gasteiger partial charge on any atom is -0.495 e. The van der Waals surface area contributed by atoms with Gasteiger partial charge in [0.1, 0.15) is 11.5 Å². The number of hydrogen-bond acceptors (Lipinski definition) is 3. The lowest BCUT2D eigenvalue weighted by Gasteiger charge is -2.32. The summed E-state index contributed by atoms with van der Waals surface area (Å²) in [6, 6.07) is 6.04. The largest absolute Gasteiger partial charge is 0.495 e. The van der Waals surface area contributed by atoms with Crippen LogP contribution in [0.1, 0.15) is 13.3 Å².